The van der Waals surface area contributed by atoms with Crippen LogP contribution in [-0.2, 0) is 12.0 Å². The van der Waals surface area contributed by atoms with E-state index in [0.717, 1.165) is 30.6 Å². The van der Waals surface area contributed by atoms with Crippen molar-refractivity contribution in [3.8, 4) is 0 Å². The summed E-state index contributed by atoms with van der Waals surface area (Å²) in [6.45, 7) is 10.6. The van der Waals surface area contributed by atoms with E-state index in [-0.39, 0.29) is 5.41 Å². The van der Waals surface area contributed by atoms with Gasteiger partial charge in [-0.3, -0.25) is 0 Å². The van der Waals surface area contributed by atoms with Gasteiger partial charge in [-0.15, -0.1) is 0 Å². The molecule has 0 radical (unpaired) electrons. The van der Waals surface area contributed by atoms with Crippen molar-refractivity contribution in [2.45, 2.75) is 58.5 Å². The Kier molecular flexibility index (Phi) is 3.89. The molecule has 0 N–H and O–H groups in total. The van der Waals surface area contributed by atoms with Crippen molar-refractivity contribution in [2.24, 2.45) is 0 Å². The van der Waals surface area contributed by atoms with E-state index in [9.17, 15) is 0 Å². The van der Waals surface area contributed by atoms with Crippen LogP contribution in [0.15, 0.2) is 24.7 Å². The first-order valence-corrected chi connectivity index (χ1v) is 8.03. The van der Waals surface area contributed by atoms with E-state index in [4.69, 9.17) is 4.98 Å². The molecule has 5 heteroatoms. The number of aromatic nitrogens is 4. The van der Waals surface area contributed by atoms with Gasteiger partial charge >= 0.3 is 0 Å². The summed E-state index contributed by atoms with van der Waals surface area (Å²) < 4.78 is 2.23. The highest BCUT2D eigenvalue weighted by molar-refractivity contribution is 5.40. The smallest absolute Gasteiger partial charge is 0.135 e. The Morgan fingerprint density at radius 2 is 2.05 bits per heavy atom. The Balaban J connectivity index is 1.83. The largest absolute Gasteiger partial charge is 0.352 e. The standard InChI is InChI=1S/C17H25N5/c1-13-18-9-11-21(13)12-14-6-5-10-22(14)15-7-8-19-16(20-15)17(2,3)4/h7-9,11,14H,5-6,10,12H2,1-4H3/t14-/m1/s1. The molecule has 118 valence electrons. The van der Waals surface area contributed by atoms with Crippen LogP contribution in [-0.4, -0.2) is 32.1 Å². The molecule has 22 heavy (non-hydrogen) atoms. The highest BCUT2D eigenvalue weighted by Crippen LogP contribution is 2.27. The van der Waals surface area contributed by atoms with Crippen molar-refractivity contribution < 1.29 is 0 Å². The highest BCUT2D eigenvalue weighted by atomic mass is 15.3. The summed E-state index contributed by atoms with van der Waals surface area (Å²) in [6.07, 6.45) is 8.24. The molecule has 0 spiro atoms. The molecule has 1 fully saturated rings. The van der Waals surface area contributed by atoms with Crippen molar-refractivity contribution in [3.63, 3.8) is 0 Å². The monoisotopic (exact) mass is 299 g/mol. The lowest BCUT2D eigenvalue weighted by molar-refractivity contribution is 0.526. The topological polar surface area (TPSA) is 46.8 Å². The SMILES string of the molecule is Cc1nccn1C[C@H]1CCCN1c1ccnc(C(C)(C)C)n1. The number of rotatable bonds is 3. The lowest BCUT2D eigenvalue weighted by Crippen LogP contribution is -2.34. The van der Waals surface area contributed by atoms with Crippen LogP contribution in [0.2, 0.25) is 0 Å². The molecular weight excluding hydrogens is 274 g/mol. The minimum Gasteiger partial charge on any atom is -0.352 e. The minimum absolute atomic E-state index is 0.0217. The molecule has 0 aromatic carbocycles. The Bertz CT molecular complexity index is 640. The zero-order valence-corrected chi connectivity index (χ0v) is 14.0. The van der Waals surface area contributed by atoms with E-state index in [1.54, 1.807) is 0 Å². The predicted molar refractivity (Wildman–Crippen MR) is 88.1 cm³/mol. The fraction of sp³-hybridized carbons (Fsp3) is 0.588. The first kappa shape index (κ1) is 15.0. The van der Waals surface area contributed by atoms with Crippen LogP contribution in [0.4, 0.5) is 5.82 Å². The van der Waals surface area contributed by atoms with E-state index in [2.05, 4.69) is 53.3 Å². The molecule has 3 rings (SSSR count). The van der Waals surface area contributed by atoms with Gasteiger partial charge < -0.3 is 9.47 Å². The third-order valence-corrected chi connectivity index (χ3v) is 4.31. The maximum atomic E-state index is 4.82. The van der Waals surface area contributed by atoms with Crippen molar-refractivity contribution in [2.75, 3.05) is 11.4 Å². The van der Waals surface area contributed by atoms with Crippen molar-refractivity contribution in [3.05, 3.63) is 36.3 Å². The van der Waals surface area contributed by atoms with Gasteiger partial charge in [0.05, 0.1) is 0 Å². The lowest BCUT2D eigenvalue weighted by atomic mass is 9.96. The van der Waals surface area contributed by atoms with Gasteiger partial charge in [0.25, 0.3) is 0 Å². The maximum Gasteiger partial charge on any atom is 0.135 e. The normalized spacial score (nSPS) is 18.9. The van der Waals surface area contributed by atoms with E-state index >= 15 is 0 Å². The Morgan fingerprint density at radius 3 is 2.73 bits per heavy atom. The van der Waals surface area contributed by atoms with Crippen LogP contribution in [0.25, 0.3) is 0 Å². The number of hydrogen-bond acceptors (Lipinski definition) is 4. The van der Waals surface area contributed by atoms with Gasteiger partial charge in [0.1, 0.15) is 17.5 Å². The van der Waals surface area contributed by atoms with Crippen LogP contribution in [0, 0.1) is 6.92 Å². The quantitative estimate of drug-likeness (QED) is 0.874. The molecule has 1 aliphatic rings. The third-order valence-electron chi connectivity index (χ3n) is 4.31. The molecule has 2 aromatic heterocycles. The number of anilines is 1. The molecule has 0 aliphatic carbocycles. The van der Waals surface area contributed by atoms with E-state index in [1.165, 1.54) is 12.8 Å². The molecule has 0 saturated carbocycles. The van der Waals surface area contributed by atoms with Gasteiger partial charge in [0.15, 0.2) is 0 Å². The second-order valence-electron chi connectivity index (χ2n) is 7.10. The number of nitrogens with zero attached hydrogens (tertiary/aromatic N) is 5. The van der Waals surface area contributed by atoms with Crippen LogP contribution >= 0.6 is 0 Å². The van der Waals surface area contributed by atoms with Crippen molar-refractivity contribution in [1.82, 2.24) is 19.5 Å². The minimum atomic E-state index is -0.0217. The summed E-state index contributed by atoms with van der Waals surface area (Å²) in [7, 11) is 0. The fourth-order valence-electron chi connectivity index (χ4n) is 3.02. The Labute approximate surface area is 132 Å². The van der Waals surface area contributed by atoms with Crippen LogP contribution in [0.5, 0.6) is 0 Å². The number of imidazole rings is 1. The molecule has 1 saturated heterocycles. The zero-order chi connectivity index (χ0) is 15.7. The molecule has 5 nitrogen and oxygen atoms in total. The van der Waals surface area contributed by atoms with Gasteiger partial charge in [-0.2, -0.15) is 0 Å². The van der Waals surface area contributed by atoms with Gasteiger partial charge in [-0.05, 0) is 25.8 Å². The molecule has 0 unspecified atom stereocenters. The summed E-state index contributed by atoms with van der Waals surface area (Å²) in [5.74, 6) is 3.04. The first-order chi connectivity index (χ1) is 10.4. The van der Waals surface area contributed by atoms with Gasteiger partial charge in [0, 0.05) is 43.1 Å². The van der Waals surface area contributed by atoms with Crippen molar-refractivity contribution >= 4 is 5.82 Å². The molecule has 2 aromatic rings. The van der Waals surface area contributed by atoms with Gasteiger partial charge in [-0.25, -0.2) is 15.0 Å². The average molecular weight is 299 g/mol. The number of aryl methyl sites for hydroxylation is 1. The van der Waals surface area contributed by atoms with Gasteiger partial charge in [-0.1, -0.05) is 20.8 Å². The first-order valence-electron chi connectivity index (χ1n) is 8.03. The second-order valence-corrected chi connectivity index (χ2v) is 7.10. The van der Waals surface area contributed by atoms with Crippen molar-refractivity contribution in [1.29, 1.82) is 0 Å². The highest BCUT2D eigenvalue weighted by Gasteiger charge is 2.27. The second kappa shape index (κ2) is 5.71. The lowest BCUT2D eigenvalue weighted by Gasteiger charge is -2.27. The number of hydrogen-bond donors (Lipinski definition) is 0. The van der Waals surface area contributed by atoms with Crippen LogP contribution in [0.3, 0.4) is 0 Å². The van der Waals surface area contributed by atoms with E-state index in [1.807, 2.05) is 18.5 Å². The summed E-state index contributed by atoms with van der Waals surface area (Å²) in [6, 6.07) is 2.52. The molecule has 1 atom stereocenters. The average Bonchev–Trinajstić information content (AvgIpc) is 3.09. The summed E-state index contributed by atoms with van der Waals surface area (Å²) >= 11 is 0. The summed E-state index contributed by atoms with van der Waals surface area (Å²) in [5.41, 5.74) is -0.0217. The maximum absolute atomic E-state index is 4.82. The van der Waals surface area contributed by atoms with E-state index < -0.39 is 0 Å². The summed E-state index contributed by atoms with van der Waals surface area (Å²) in [5, 5.41) is 0. The fourth-order valence-corrected chi connectivity index (χ4v) is 3.02. The molecule has 3 heterocycles. The molecule has 1 aliphatic heterocycles. The predicted octanol–water partition coefficient (Wildman–Crippen LogP) is 2.95. The summed E-state index contributed by atoms with van der Waals surface area (Å²) in [4.78, 5) is 16.0. The zero-order valence-electron chi connectivity index (χ0n) is 14.0. The van der Waals surface area contributed by atoms with E-state index in [0.29, 0.717) is 6.04 Å². The molecule has 0 bridgehead atoms. The third kappa shape index (κ3) is 2.98. The Hall–Kier alpha value is -1.91. The molecule has 0 amide bonds. The van der Waals surface area contributed by atoms with Crippen LogP contribution in [0.1, 0.15) is 45.3 Å². The van der Waals surface area contributed by atoms with Gasteiger partial charge in [0.2, 0.25) is 0 Å². The Morgan fingerprint density at radius 1 is 1.23 bits per heavy atom. The van der Waals surface area contributed by atoms with Crippen LogP contribution < -0.4 is 4.90 Å². The molecular formula is C17H25N5.